The summed E-state index contributed by atoms with van der Waals surface area (Å²) in [4.78, 5) is 0. The van der Waals surface area contributed by atoms with Crippen LogP contribution in [0.1, 0.15) is 44.6 Å². The summed E-state index contributed by atoms with van der Waals surface area (Å²) < 4.78 is 0. The summed E-state index contributed by atoms with van der Waals surface area (Å²) in [6, 6.07) is 10.5. The molecule has 2 rings (SSSR count). The lowest BCUT2D eigenvalue weighted by Crippen LogP contribution is -2.20. The van der Waals surface area contributed by atoms with Gasteiger partial charge in [0.2, 0.25) is 0 Å². The first-order valence-corrected chi connectivity index (χ1v) is 7.61. The second-order valence-corrected chi connectivity index (χ2v) is 5.67. The lowest BCUT2D eigenvalue weighted by molar-refractivity contribution is 0.296. The largest absolute Gasteiger partial charge is 0.330 e. The van der Waals surface area contributed by atoms with Gasteiger partial charge in [-0.15, -0.1) is 6.58 Å². The van der Waals surface area contributed by atoms with Crippen LogP contribution in [0, 0.1) is 11.8 Å². The fourth-order valence-electron chi connectivity index (χ4n) is 2.48. The van der Waals surface area contributed by atoms with Crippen LogP contribution in [0.2, 0.25) is 0 Å². The molecule has 0 unspecified atom stereocenters. The number of benzene rings is 1. The third-order valence-corrected chi connectivity index (χ3v) is 3.95. The highest BCUT2D eigenvalue weighted by molar-refractivity contribution is 5.14. The zero-order valence-corrected chi connectivity index (χ0v) is 12.4. The first kappa shape index (κ1) is 16.0. The Morgan fingerprint density at radius 2 is 1.79 bits per heavy atom. The van der Waals surface area contributed by atoms with Gasteiger partial charge in [-0.05, 0) is 49.6 Å². The van der Waals surface area contributed by atoms with Crippen molar-refractivity contribution in [3.63, 3.8) is 0 Å². The molecule has 1 nitrogen and oxygen atoms in total. The van der Waals surface area contributed by atoms with Crippen molar-refractivity contribution < 1.29 is 0 Å². The zero-order chi connectivity index (χ0) is 13.9. The molecule has 2 N–H and O–H groups in total. The SMILES string of the molecule is C=CCCc1ccccc1.CC1CCC(CN)CC1. The van der Waals surface area contributed by atoms with Gasteiger partial charge < -0.3 is 5.73 Å². The van der Waals surface area contributed by atoms with Crippen LogP contribution in [-0.2, 0) is 6.42 Å². The van der Waals surface area contributed by atoms with Gasteiger partial charge in [0.25, 0.3) is 0 Å². The van der Waals surface area contributed by atoms with E-state index in [4.69, 9.17) is 5.73 Å². The Labute approximate surface area is 118 Å². The van der Waals surface area contributed by atoms with Gasteiger partial charge in [-0.3, -0.25) is 0 Å². The quantitative estimate of drug-likeness (QED) is 0.787. The lowest BCUT2D eigenvalue weighted by Gasteiger charge is -2.24. The van der Waals surface area contributed by atoms with Gasteiger partial charge in [0.15, 0.2) is 0 Å². The van der Waals surface area contributed by atoms with Crippen LogP contribution in [0.3, 0.4) is 0 Å². The predicted octanol–water partition coefficient (Wildman–Crippen LogP) is 4.58. The van der Waals surface area contributed by atoms with Crippen LogP contribution >= 0.6 is 0 Å². The Balaban J connectivity index is 0.000000191. The Kier molecular flexibility index (Phi) is 8.24. The van der Waals surface area contributed by atoms with Gasteiger partial charge in [-0.25, -0.2) is 0 Å². The maximum absolute atomic E-state index is 5.55. The van der Waals surface area contributed by atoms with Gasteiger partial charge >= 0.3 is 0 Å². The molecule has 1 heteroatoms. The minimum Gasteiger partial charge on any atom is -0.330 e. The number of hydrogen-bond acceptors (Lipinski definition) is 1. The van der Waals surface area contributed by atoms with Crippen molar-refractivity contribution in [2.24, 2.45) is 17.6 Å². The monoisotopic (exact) mass is 259 g/mol. The molecule has 0 saturated heterocycles. The van der Waals surface area contributed by atoms with Crippen molar-refractivity contribution in [2.75, 3.05) is 6.54 Å². The average molecular weight is 259 g/mol. The molecule has 0 atom stereocenters. The minimum atomic E-state index is 0.848. The maximum atomic E-state index is 5.55. The molecule has 106 valence electrons. The molecule has 0 spiro atoms. The van der Waals surface area contributed by atoms with Gasteiger partial charge in [-0.2, -0.15) is 0 Å². The van der Waals surface area contributed by atoms with Gasteiger partial charge in [0.05, 0.1) is 0 Å². The topological polar surface area (TPSA) is 26.0 Å². The summed E-state index contributed by atoms with van der Waals surface area (Å²) in [6.07, 6.45) is 9.69. The summed E-state index contributed by atoms with van der Waals surface area (Å²) in [5.41, 5.74) is 6.94. The molecule has 1 aromatic carbocycles. The van der Waals surface area contributed by atoms with Crippen molar-refractivity contribution in [1.82, 2.24) is 0 Å². The summed E-state index contributed by atoms with van der Waals surface area (Å²) in [5.74, 6) is 1.81. The first-order valence-electron chi connectivity index (χ1n) is 7.61. The van der Waals surface area contributed by atoms with E-state index in [1.165, 1.54) is 31.2 Å². The van der Waals surface area contributed by atoms with Crippen molar-refractivity contribution in [1.29, 1.82) is 0 Å². The van der Waals surface area contributed by atoms with E-state index in [-0.39, 0.29) is 0 Å². The fourth-order valence-corrected chi connectivity index (χ4v) is 2.48. The minimum absolute atomic E-state index is 0.848. The molecule has 0 radical (unpaired) electrons. The third kappa shape index (κ3) is 7.17. The first-order chi connectivity index (χ1) is 9.26. The third-order valence-electron chi connectivity index (χ3n) is 3.95. The summed E-state index contributed by atoms with van der Waals surface area (Å²) >= 11 is 0. The standard InChI is InChI=1S/C10H12.C8H17N/c1-2-3-7-10-8-5-4-6-9-10;1-7-2-4-8(6-9)5-3-7/h2,4-6,8-9H,1,3,7H2;7-8H,2-6,9H2,1H3. The molecular weight excluding hydrogens is 230 g/mol. The highest BCUT2D eigenvalue weighted by atomic mass is 14.5. The smallest absolute Gasteiger partial charge is 0.00489 e. The molecule has 1 fully saturated rings. The Morgan fingerprint density at radius 3 is 2.32 bits per heavy atom. The van der Waals surface area contributed by atoms with Crippen molar-refractivity contribution in [3.05, 3.63) is 48.6 Å². The average Bonchev–Trinajstić information content (AvgIpc) is 2.48. The van der Waals surface area contributed by atoms with Crippen molar-refractivity contribution in [3.8, 4) is 0 Å². The molecule has 0 amide bonds. The van der Waals surface area contributed by atoms with E-state index in [0.29, 0.717) is 0 Å². The zero-order valence-electron chi connectivity index (χ0n) is 12.4. The molecule has 0 aromatic heterocycles. The van der Waals surface area contributed by atoms with E-state index in [2.05, 4.69) is 37.8 Å². The highest BCUT2D eigenvalue weighted by Crippen LogP contribution is 2.27. The van der Waals surface area contributed by atoms with Crippen LogP contribution in [0.15, 0.2) is 43.0 Å². The van der Waals surface area contributed by atoms with Crippen LogP contribution in [0.25, 0.3) is 0 Å². The Morgan fingerprint density at radius 1 is 1.16 bits per heavy atom. The summed E-state index contributed by atoms with van der Waals surface area (Å²) in [5, 5.41) is 0. The van der Waals surface area contributed by atoms with Crippen LogP contribution < -0.4 is 5.73 Å². The van der Waals surface area contributed by atoms with E-state index >= 15 is 0 Å². The van der Waals surface area contributed by atoms with Crippen LogP contribution in [0.4, 0.5) is 0 Å². The molecule has 0 aliphatic heterocycles. The number of nitrogens with two attached hydrogens (primary N) is 1. The fraction of sp³-hybridized carbons (Fsp3) is 0.556. The number of allylic oxidation sites excluding steroid dienone is 1. The highest BCUT2D eigenvalue weighted by Gasteiger charge is 2.15. The predicted molar refractivity (Wildman–Crippen MR) is 85.1 cm³/mol. The second kappa shape index (κ2) is 9.80. The number of rotatable bonds is 4. The van der Waals surface area contributed by atoms with E-state index < -0.39 is 0 Å². The second-order valence-electron chi connectivity index (χ2n) is 5.67. The summed E-state index contributed by atoms with van der Waals surface area (Å²) in [7, 11) is 0. The van der Waals surface area contributed by atoms with Crippen LogP contribution in [-0.4, -0.2) is 6.54 Å². The molecule has 0 heterocycles. The van der Waals surface area contributed by atoms with E-state index in [1.54, 1.807) is 0 Å². The molecular formula is C18H29N. The van der Waals surface area contributed by atoms with Gasteiger partial charge in [0, 0.05) is 0 Å². The summed E-state index contributed by atoms with van der Waals surface area (Å²) in [6.45, 7) is 6.93. The number of aryl methyl sites for hydroxylation is 1. The van der Waals surface area contributed by atoms with Crippen LogP contribution in [0.5, 0.6) is 0 Å². The van der Waals surface area contributed by atoms with E-state index in [0.717, 1.165) is 31.2 Å². The molecule has 0 bridgehead atoms. The van der Waals surface area contributed by atoms with Crippen molar-refractivity contribution in [2.45, 2.75) is 45.4 Å². The molecule has 1 aliphatic carbocycles. The Bertz CT molecular complexity index is 323. The van der Waals surface area contributed by atoms with Gasteiger partial charge in [-0.1, -0.05) is 56.2 Å². The van der Waals surface area contributed by atoms with E-state index in [1.807, 2.05) is 12.1 Å². The maximum Gasteiger partial charge on any atom is -0.00489 e. The van der Waals surface area contributed by atoms with Gasteiger partial charge in [0.1, 0.15) is 0 Å². The molecule has 1 saturated carbocycles. The van der Waals surface area contributed by atoms with Crippen molar-refractivity contribution >= 4 is 0 Å². The molecule has 1 aliphatic rings. The molecule has 1 aromatic rings. The number of hydrogen-bond donors (Lipinski definition) is 1. The van der Waals surface area contributed by atoms with E-state index in [9.17, 15) is 0 Å². The lowest BCUT2D eigenvalue weighted by atomic mass is 9.83. The normalized spacial score (nSPS) is 22.2. The Hall–Kier alpha value is -1.08. The molecule has 19 heavy (non-hydrogen) atoms.